The van der Waals surface area contributed by atoms with E-state index in [1.807, 2.05) is 6.26 Å². The summed E-state index contributed by atoms with van der Waals surface area (Å²) in [5, 5.41) is 0.372. The zero-order valence-electron chi connectivity index (χ0n) is 6.87. The first-order valence-electron chi connectivity index (χ1n) is 3.32. The Morgan fingerprint density at radius 3 is 2.92 bits per heavy atom. The maximum Gasteiger partial charge on any atom is 0.174 e. The molecule has 1 rings (SSSR count). The number of hydrogen-bond donors (Lipinski definition) is 0. The Morgan fingerprint density at radius 1 is 1.67 bits per heavy atom. The molecule has 0 N–H and O–H groups in total. The highest BCUT2D eigenvalue weighted by molar-refractivity contribution is 7.97. The second-order valence-corrected chi connectivity index (χ2v) is 3.30. The zero-order chi connectivity index (χ0) is 8.97. The van der Waals surface area contributed by atoms with Crippen LogP contribution in [0.3, 0.4) is 0 Å². The van der Waals surface area contributed by atoms with Crippen molar-refractivity contribution in [3.63, 3.8) is 0 Å². The number of aromatic nitrogens is 2. The molecule has 0 saturated carbocycles. The van der Waals surface area contributed by atoms with Crippen molar-refractivity contribution >= 4 is 23.4 Å². The Kier molecular flexibility index (Phi) is 3.62. The standard InChI is InChI=1S/C7H9ClN2OS/c1-11-5-3-9-6(4-12-2)10-7(5)8/h3H,4H2,1-2H3. The van der Waals surface area contributed by atoms with Crippen LogP contribution in [0.2, 0.25) is 5.15 Å². The zero-order valence-corrected chi connectivity index (χ0v) is 8.45. The van der Waals surface area contributed by atoms with Crippen molar-refractivity contribution in [2.45, 2.75) is 5.75 Å². The number of hydrogen-bond acceptors (Lipinski definition) is 4. The van der Waals surface area contributed by atoms with Crippen LogP contribution in [0.25, 0.3) is 0 Å². The molecule has 0 spiro atoms. The molecule has 0 aromatic carbocycles. The van der Waals surface area contributed by atoms with Crippen molar-refractivity contribution in [3.05, 3.63) is 17.2 Å². The molecule has 0 aliphatic heterocycles. The summed E-state index contributed by atoms with van der Waals surface area (Å²) >= 11 is 7.43. The molecule has 0 fully saturated rings. The molecule has 1 aromatic rings. The molecule has 0 aliphatic rings. The van der Waals surface area contributed by atoms with Gasteiger partial charge in [0.05, 0.1) is 19.1 Å². The van der Waals surface area contributed by atoms with Crippen molar-refractivity contribution in [2.24, 2.45) is 0 Å². The number of thioether (sulfide) groups is 1. The molecule has 0 amide bonds. The Morgan fingerprint density at radius 2 is 2.42 bits per heavy atom. The summed E-state index contributed by atoms with van der Waals surface area (Å²) in [6.45, 7) is 0. The van der Waals surface area contributed by atoms with Gasteiger partial charge in [0, 0.05) is 0 Å². The fourth-order valence-electron chi connectivity index (χ4n) is 0.719. The fraction of sp³-hybridized carbons (Fsp3) is 0.429. The first-order chi connectivity index (χ1) is 5.77. The average molecular weight is 205 g/mol. The number of rotatable bonds is 3. The minimum absolute atomic E-state index is 0.372. The molecule has 66 valence electrons. The summed E-state index contributed by atoms with van der Waals surface area (Å²) in [7, 11) is 1.54. The third-order valence-electron chi connectivity index (χ3n) is 1.25. The topological polar surface area (TPSA) is 35.0 Å². The minimum atomic E-state index is 0.372. The molecule has 3 nitrogen and oxygen atoms in total. The predicted molar refractivity (Wildman–Crippen MR) is 50.8 cm³/mol. The van der Waals surface area contributed by atoms with Gasteiger partial charge in [0.1, 0.15) is 5.82 Å². The highest BCUT2D eigenvalue weighted by Crippen LogP contribution is 2.20. The van der Waals surface area contributed by atoms with E-state index in [-0.39, 0.29) is 0 Å². The molecular weight excluding hydrogens is 196 g/mol. The first-order valence-corrected chi connectivity index (χ1v) is 5.09. The van der Waals surface area contributed by atoms with E-state index in [1.54, 1.807) is 25.1 Å². The molecule has 0 atom stereocenters. The SMILES string of the molecule is COc1cnc(CSC)nc1Cl. The second-order valence-electron chi connectivity index (χ2n) is 2.08. The number of ether oxygens (including phenoxy) is 1. The lowest BCUT2D eigenvalue weighted by Crippen LogP contribution is -1.95. The normalized spacial score (nSPS) is 9.92. The van der Waals surface area contributed by atoms with Gasteiger partial charge in [-0.1, -0.05) is 11.6 Å². The smallest absolute Gasteiger partial charge is 0.174 e. The summed E-state index contributed by atoms with van der Waals surface area (Å²) in [5.41, 5.74) is 0. The van der Waals surface area contributed by atoms with Gasteiger partial charge >= 0.3 is 0 Å². The molecule has 0 bridgehead atoms. The number of methoxy groups -OCH3 is 1. The van der Waals surface area contributed by atoms with E-state index in [2.05, 4.69) is 9.97 Å². The van der Waals surface area contributed by atoms with E-state index in [4.69, 9.17) is 16.3 Å². The molecule has 0 aliphatic carbocycles. The summed E-state index contributed by atoms with van der Waals surface area (Å²) in [6, 6.07) is 0. The van der Waals surface area contributed by atoms with Gasteiger partial charge in [-0.05, 0) is 6.26 Å². The maximum atomic E-state index is 5.78. The Bertz CT molecular complexity index is 270. The van der Waals surface area contributed by atoms with Gasteiger partial charge in [-0.15, -0.1) is 0 Å². The van der Waals surface area contributed by atoms with Crippen molar-refractivity contribution in [2.75, 3.05) is 13.4 Å². The van der Waals surface area contributed by atoms with Crippen LogP contribution in [0, 0.1) is 0 Å². The molecule has 0 saturated heterocycles. The van der Waals surface area contributed by atoms with Gasteiger partial charge < -0.3 is 4.74 Å². The van der Waals surface area contributed by atoms with Crippen molar-refractivity contribution < 1.29 is 4.74 Å². The monoisotopic (exact) mass is 204 g/mol. The van der Waals surface area contributed by atoms with Gasteiger partial charge in [-0.25, -0.2) is 9.97 Å². The lowest BCUT2D eigenvalue weighted by Gasteiger charge is -2.02. The van der Waals surface area contributed by atoms with Gasteiger partial charge in [0.2, 0.25) is 0 Å². The third-order valence-corrected chi connectivity index (χ3v) is 2.07. The third kappa shape index (κ3) is 2.25. The van der Waals surface area contributed by atoms with Crippen LogP contribution in [0.1, 0.15) is 5.82 Å². The average Bonchev–Trinajstić information content (AvgIpc) is 2.05. The molecule has 5 heteroatoms. The molecular formula is C7H9ClN2OS. The van der Waals surface area contributed by atoms with Crippen molar-refractivity contribution in [1.29, 1.82) is 0 Å². The van der Waals surface area contributed by atoms with Gasteiger partial charge in [-0.2, -0.15) is 11.8 Å². The minimum Gasteiger partial charge on any atom is -0.492 e. The lowest BCUT2D eigenvalue weighted by atomic mass is 10.5. The Labute approximate surface area is 80.5 Å². The molecule has 1 aromatic heterocycles. The van der Waals surface area contributed by atoms with E-state index in [9.17, 15) is 0 Å². The molecule has 0 unspecified atom stereocenters. The Balaban J connectivity index is 2.86. The fourth-order valence-corrected chi connectivity index (χ4v) is 1.34. The lowest BCUT2D eigenvalue weighted by molar-refractivity contribution is 0.410. The molecule has 1 heterocycles. The van der Waals surface area contributed by atoms with E-state index in [0.29, 0.717) is 10.9 Å². The van der Waals surface area contributed by atoms with Gasteiger partial charge in [0.15, 0.2) is 10.9 Å². The summed E-state index contributed by atoms with van der Waals surface area (Å²) in [6.07, 6.45) is 3.57. The van der Waals surface area contributed by atoms with Gasteiger partial charge in [-0.3, -0.25) is 0 Å². The highest BCUT2D eigenvalue weighted by Gasteiger charge is 2.03. The summed E-state index contributed by atoms with van der Waals surface area (Å²) in [5.74, 6) is 2.01. The highest BCUT2D eigenvalue weighted by atomic mass is 35.5. The van der Waals surface area contributed by atoms with Crippen molar-refractivity contribution in [1.82, 2.24) is 9.97 Å². The van der Waals surface area contributed by atoms with Crippen molar-refractivity contribution in [3.8, 4) is 5.75 Å². The van der Waals surface area contributed by atoms with Crippen LogP contribution in [-0.2, 0) is 5.75 Å². The second kappa shape index (κ2) is 4.52. The Hall–Kier alpha value is -0.480. The van der Waals surface area contributed by atoms with Crippen LogP contribution in [-0.4, -0.2) is 23.3 Å². The summed E-state index contributed by atoms with van der Waals surface area (Å²) in [4.78, 5) is 8.10. The van der Waals surface area contributed by atoms with E-state index in [0.717, 1.165) is 11.6 Å². The number of halogens is 1. The van der Waals surface area contributed by atoms with Crippen LogP contribution >= 0.6 is 23.4 Å². The van der Waals surface area contributed by atoms with Crippen LogP contribution < -0.4 is 4.74 Å². The predicted octanol–water partition coefficient (Wildman–Crippen LogP) is 2.00. The first kappa shape index (κ1) is 9.61. The summed E-state index contributed by atoms with van der Waals surface area (Å²) < 4.78 is 4.91. The maximum absolute atomic E-state index is 5.78. The van der Waals surface area contributed by atoms with Gasteiger partial charge in [0.25, 0.3) is 0 Å². The van der Waals surface area contributed by atoms with Crippen LogP contribution in [0.15, 0.2) is 6.20 Å². The molecule has 0 radical (unpaired) electrons. The van der Waals surface area contributed by atoms with Crippen LogP contribution in [0.5, 0.6) is 5.75 Å². The molecule has 12 heavy (non-hydrogen) atoms. The van der Waals surface area contributed by atoms with E-state index < -0.39 is 0 Å². The quantitative estimate of drug-likeness (QED) is 0.706. The van der Waals surface area contributed by atoms with E-state index in [1.165, 1.54) is 0 Å². The van der Waals surface area contributed by atoms with Crippen LogP contribution in [0.4, 0.5) is 0 Å². The van der Waals surface area contributed by atoms with E-state index >= 15 is 0 Å². The largest absolute Gasteiger partial charge is 0.492 e. The number of nitrogens with zero attached hydrogens (tertiary/aromatic N) is 2.